The Morgan fingerprint density at radius 2 is 1.96 bits per heavy atom. The summed E-state index contributed by atoms with van der Waals surface area (Å²) in [5.41, 5.74) is 0.521. The highest BCUT2D eigenvalue weighted by molar-refractivity contribution is 9.10. The summed E-state index contributed by atoms with van der Waals surface area (Å²) in [7, 11) is 0. The number of nitrogens with zero attached hydrogens (tertiary/aromatic N) is 3. The minimum Gasteiger partial charge on any atom is -0.347 e. The highest BCUT2D eigenvalue weighted by Gasteiger charge is 2.40. The van der Waals surface area contributed by atoms with Crippen LogP contribution in [0.1, 0.15) is 19.3 Å². The van der Waals surface area contributed by atoms with Gasteiger partial charge in [-0.3, -0.25) is 14.2 Å². The molecule has 0 saturated carbocycles. The molecule has 0 unspecified atom stereocenters. The normalized spacial score (nSPS) is 19.3. The Labute approximate surface area is 159 Å². The summed E-state index contributed by atoms with van der Waals surface area (Å²) in [5, 5.41) is 0.546. The SMILES string of the molecule is O=C(CCn1cnc2ccc(Br)cc2c1=O)N1CCC2(CC1)OCCO2. The van der Waals surface area contributed by atoms with E-state index in [-0.39, 0.29) is 17.9 Å². The molecule has 3 heterocycles. The molecule has 0 bridgehead atoms. The lowest BCUT2D eigenvalue weighted by Gasteiger charge is -2.37. The predicted molar refractivity (Wildman–Crippen MR) is 98.8 cm³/mol. The molecule has 2 saturated heterocycles. The fourth-order valence-electron chi connectivity index (χ4n) is 3.55. The quantitative estimate of drug-likeness (QED) is 0.756. The molecular formula is C18H20BrN3O4. The van der Waals surface area contributed by atoms with Crippen molar-refractivity contribution in [3.05, 3.63) is 39.4 Å². The molecule has 1 aromatic carbocycles. The number of rotatable bonds is 3. The second-order valence-electron chi connectivity index (χ2n) is 6.64. The van der Waals surface area contributed by atoms with E-state index in [4.69, 9.17) is 9.47 Å². The summed E-state index contributed by atoms with van der Waals surface area (Å²) in [5.74, 6) is -0.442. The summed E-state index contributed by atoms with van der Waals surface area (Å²) in [4.78, 5) is 31.2. The molecule has 2 aromatic rings. The van der Waals surface area contributed by atoms with Gasteiger partial charge in [0.25, 0.3) is 5.56 Å². The third-order valence-corrected chi connectivity index (χ3v) is 5.54. The fourth-order valence-corrected chi connectivity index (χ4v) is 3.91. The predicted octanol–water partition coefficient (Wildman–Crippen LogP) is 1.91. The van der Waals surface area contributed by atoms with Crippen LogP contribution in [0.25, 0.3) is 10.9 Å². The van der Waals surface area contributed by atoms with Gasteiger partial charge in [0.2, 0.25) is 5.91 Å². The van der Waals surface area contributed by atoms with E-state index in [1.807, 2.05) is 11.0 Å². The second kappa shape index (κ2) is 7.09. The largest absolute Gasteiger partial charge is 0.347 e. The molecule has 2 aliphatic rings. The molecule has 7 nitrogen and oxygen atoms in total. The van der Waals surface area contributed by atoms with Crippen LogP contribution in [-0.2, 0) is 20.8 Å². The first-order valence-electron chi connectivity index (χ1n) is 8.77. The van der Waals surface area contributed by atoms with Crippen LogP contribution in [0.15, 0.2) is 33.8 Å². The van der Waals surface area contributed by atoms with E-state index in [0.29, 0.717) is 56.6 Å². The topological polar surface area (TPSA) is 73.7 Å². The Hall–Kier alpha value is -1.77. The van der Waals surface area contributed by atoms with Crippen molar-refractivity contribution in [2.75, 3.05) is 26.3 Å². The van der Waals surface area contributed by atoms with E-state index >= 15 is 0 Å². The third kappa shape index (κ3) is 3.41. The first kappa shape index (κ1) is 17.6. The van der Waals surface area contributed by atoms with Gasteiger partial charge in [-0.25, -0.2) is 4.98 Å². The first-order valence-corrected chi connectivity index (χ1v) is 9.56. The second-order valence-corrected chi connectivity index (χ2v) is 7.56. The van der Waals surface area contributed by atoms with E-state index in [1.54, 1.807) is 12.1 Å². The summed E-state index contributed by atoms with van der Waals surface area (Å²) in [6.45, 7) is 2.82. The molecule has 1 amide bonds. The number of hydrogen-bond donors (Lipinski definition) is 0. The van der Waals surface area contributed by atoms with Crippen molar-refractivity contribution in [1.29, 1.82) is 0 Å². The number of benzene rings is 1. The maximum absolute atomic E-state index is 12.6. The van der Waals surface area contributed by atoms with Crippen LogP contribution < -0.4 is 5.56 Å². The number of carbonyl (C=O) groups excluding carboxylic acids is 1. The Morgan fingerprint density at radius 1 is 1.23 bits per heavy atom. The van der Waals surface area contributed by atoms with E-state index < -0.39 is 5.79 Å². The van der Waals surface area contributed by atoms with Crippen molar-refractivity contribution in [2.45, 2.75) is 31.6 Å². The summed E-state index contributed by atoms with van der Waals surface area (Å²) in [6.07, 6.45) is 3.18. The zero-order valence-corrected chi connectivity index (χ0v) is 15.9. The first-order chi connectivity index (χ1) is 12.6. The van der Waals surface area contributed by atoms with Gasteiger partial charge in [0.15, 0.2) is 5.79 Å². The van der Waals surface area contributed by atoms with Crippen LogP contribution in [0, 0.1) is 0 Å². The number of likely N-dealkylation sites (tertiary alicyclic amines) is 1. The van der Waals surface area contributed by atoms with Crippen LogP contribution in [0.2, 0.25) is 0 Å². The van der Waals surface area contributed by atoms with Gasteiger partial charge in [-0.15, -0.1) is 0 Å². The lowest BCUT2D eigenvalue weighted by atomic mass is 10.0. The zero-order valence-electron chi connectivity index (χ0n) is 14.3. The van der Waals surface area contributed by atoms with Gasteiger partial charge in [0.05, 0.1) is 30.4 Å². The Bertz CT molecular complexity index is 882. The fraction of sp³-hybridized carbons (Fsp3) is 0.500. The Morgan fingerprint density at radius 3 is 2.69 bits per heavy atom. The molecule has 2 aliphatic heterocycles. The van der Waals surface area contributed by atoms with Crippen molar-refractivity contribution in [2.24, 2.45) is 0 Å². The molecule has 2 fully saturated rings. The summed E-state index contributed by atoms with van der Waals surface area (Å²) >= 11 is 3.37. The highest BCUT2D eigenvalue weighted by Crippen LogP contribution is 2.31. The number of carbonyl (C=O) groups is 1. The number of aryl methyl sites for hydroxylation is 1. The van der Waals surface area contributed by atoms with Gasteiger partial charge < -0.3 is 14.4 Å². The lowest BCUT2D eigenvalue weighted by molar-refractivity contribution is -0.187. The smallest absolute Gasteiger partial charge is 0.261 e. The van der Waals surface area contributed by atoms with Gasteiger partial charge >= 0.3 is 0 Å². The Balaban J connectivity index is 1.40. The van der Waals surface area contributed by atoms with E-state index in [0.717, 1.165) is 4.47 Å². The number of aromatic nitrogens is 2. The summed E-state index contributed by atoms with van der Waals surface area (Å²) in [6, 6.07) is 5.41. The average molecular weight is 422 g/mol. The van der Waals surface area contributed by atoms with Crippen molar-refractivity contribution >= 4 is 32.7 Å². The van der Waals surface area contributed by atoms with E-state index in [9.17, 15) is 9.59 Å². The van der Waals surface area contributed by atoms with Gasteiger partial charge in [0, 0.05) is 43.4 Å². The molecule has 0 atom stereocenters. The molecule has 138 valence electrons. The van der Waals surface area contributed by atoms with Gasteiger partial charge in [-0.2, -0.15) is 0 Å². The number of hydrogen-bond acceptors (Lipinski definition) is 5. The average Bonchev–Trinajstić information content (AvgIpc) is 3.10. The van der Waals surface area contributed by atoms with Crippen LogP contribution in [0.5, 0.6) is 0 Å². The maximum Gasteiger partial charge on any atom is 0.261 e. The van der Waals surface area contributed by atoms with Crippen molar-refractivity contribution < 1.29 is 14.3 Å². The molecule has 0 aliphatic carbocycles. The van der Waals surface area contributed by atoms with Gasteiger partial charge in [-0.1, -0.05) is 15.9 Å². The van der Waals surface area contributed by atoms with Crippen molar-refractivity contribution in [3.63, 3.8) is 0 Å². The monoisotopic (exact) mass is 421 g/mol. The number of ether oxygens (including phenoxy) is 2. The molecular weight excluding hydrogens is 402 g/mol. The van der Waals surface area contributed by atoms with Crippen LogP contribution >= 0.6 is 15.9 Å². The number of piperidine rings is 1. The Kier molecular flexibility index (Phi) is 4.81. The molecule has 0 radical (unpaired) electrons. The minimum atomic E-state index is -0.483. The standard InChI is InChI=1S/C18H20BrN3O4/c19-13-1-2-15-14(11-13)17(24)22(12-20-15)6-3-16(23)21-7-4-18(5-8-21)25-9-10-26-18/h1-2,11-12H,3-10H2. The van der Waals surface area contributed by atoms with Crippen LogP contribution in [0.3, 0.4) is 0 Å². The number of halogens is 1. The van der Waals surface area contributed by atoms with E-state index in [2.05, 4.69) is 20.9 Å². The van der Waals surface area contributed by atoms with Gasteiger partial charge in [-0.05, 0) is 18.2 Å². The van der Waals surface area contributed by atoms with Crippen LogP contribution in [0.4, 0.5) is 0 Å². The number of amides is 1. The molecule has 1 spiro atoms. The van der Waals surface area contributed by atoms with Crippen LogP contribution in [-0.4, -0.2) is 52.4 Å². The lowest BCUT2D eigenvalue weighted by Crippen LogP contribution is -2.47. The van der Waals surface area contributed by atoms with Crippen molar-refractivity contribution in [1.82, 2.24) is 14.5 Å². The molecule has 1 aromatic heterocycles. The maximum atomic E-state index is 12.6. The van der Waals surface area contributed by atoms with Gasteiger partial charge in [0.1, 0.15) is 0 Å². The molecule has 8 heteroatoms. The summed E-state index contributed by atoms with van der Waals surface area (Å²) < 4.78 is 13.7. The molecule has 26 heavy (non-hydrogen) atoms. The van der Waals surface area contributed by atoms with Crippen molar-refractivity contribution in [3.8, 4) is 0 Å². The molecule has 4 rings (SSSR count). The van der Waals surface area contributed by atoms with E-state index in [1.165, 1.54) is 10.9 Å². The highest BCUT2D eigenvalue weighted by atomic mass is 79.9. The zero-order chi connectivity index (χ0) is 18.1. The minimum absolute atomic E-state index is 0.0408. The number of fused-ring (bicyclic) bond motifs is 1. The third-order valence-electron chi connectivity index (χ3n) is 5.04. The molecule has 0 N–H and O–H groups in total.